The normalized spacial score (nSPS) is 12.5. The van der Waals surface area contributed by atoms with Gasteiger partial charge in [-0.2, -0.15) is 4.98 Å². The zero-order valence-electron chi connectivity index (χ0n) is 9.02. The summed E-state index contributed by atoms with van der Waals surface area (Å²) in [6, 6.07) is 0. The molecule has 0 aromatic carbocycles. The first-order valence-corrected chi connectivity index (χ1v) is 5.75. The molecule has 6 heteroatoms. The predicted octanol–water partition coefficient (Wildman–Crippen LogP) is 1.74. The monoisotopic (exact) mass is 230 g/mol. The quantitative estimate of drug-likeness (QED) is 0.718. The van der Waals surface area contributed by atoms with Crippen molar-refractivity contribution in [3.05, 3.63) is 11.7 Å². The van der Waals surface area contributed by atoms with Crippen molar-refractivity contribution in [2.45, 2.75) is 26.0 Å². The van der Waals surface area contributed by atoms with E-state index in [0.29, 0.717) is 24.1 Å². The lowest BCUT2D eigenvalue weighted by Crippen LogP contribution is -2.07. The van der Waals surface area contributed by atoms with E-state index in [4.69, 9.17) is 9.26 Å². The summed E-state index contributed by atoms with van der Waals surface area (Å²) in [5, 5.41) is 3.70. The zero-order chi connectivity index (χ0) is 11.3. The fraction of sp³-hybridized carbons (Fsp3) is 0.667. The van der Waals surface area contributed by atoms with Gasteiger partial charge in [-0.25, -0.2) is 0 Å². The van der Waals surface area contributed by atoms with E-state index < -0.39 is 0 Å². The van der Waals surface area contributed by atoms with Crippen LogP contribution in [0, 0.1) is 6.92 Å². The Labute approximate surface area is 92.6 Å². The second-order valence-corrected chi connectivity index (χ2v) is 4.27. The summed E-state index contributed by atoms with van der Waals surface area (Å²) in [6.45, 7) is 5.87. The number of carbonyl (C=O) groups is 1. The summed E-state index contributed by atoms with van der Waals surface area (Å²) >= 11 is 1.42. The van der Waals surface area contributed by atoms with E-state index in [2.05, 4.69) is 10.1 Å². The zero-order valence-corrected chi connectivity index (χ0v) is 9.84. The van der Waals surface area contributed by atoms with Gasteiger partial charge in [0.2, 0.25) is 5.89 Å². The Balaban J connectivity index is 2.36. The molecule has 1 atom stereocenters. The van der Waals surface area contributed by atoms with Crippen LogP contribution in [0.2, 0.25) is 0 Å². The fourth-order valence-corrected chi connectivity index (χ4v) is 1.65. The molecule has 0 bridgehead atoms. The standard InChI is InChI=1S/C9H14N2O3S/c1-4-13-8(12)5-15-6(2)9-10-7(3)11-14-9/h6H,4-5H2,1-3H3. The van der Waals surface area contributed by atoms with Crippen LogP contribution in [0.25, 0.3) is 0 Å². The first-order chi connectivity index (χ1) is 7.13. The van der Waals surface area contributed by atoms with Gasteiger partial charge in [0.15, 0.2) is 5.82 Å². The summed E-state index contributed by atoms with van der Waals surface area (Å²) in [5.41, 5.74) is 0. The SMILES string of the molecule is CCOC(=O)CSC(C)c1nc(C)no1. The molecule has 0 aliphatic heterocycles. The number of hydrogen-bond acceptors (Lipinski definition) is 6. The predicted molar refractivity (Wildman–Crippen MR) is 56.5 cm³/mol. The van der Waals surface area contributed by atoms with Crippen molar-refractivity contribution in [1.29, 1.82) is 0 Å². The van der Waals surface area contributed by atoms with Gasteiger partial charge in [0.25, 0.3) is 0 Å². The molecular formula is C9H14N2O3S. The Morgan fingerprint density at radius 3 is 2.93 bits per heavy atom. The van der Waals surface area contributed by atoms with Crippen molar-refractivity contribution in [1.82, 2.24) is 10.1 Å². The number of hydrogen-bond donors (Lipinski definition) is 0. The largest absolute Gasteiger partial charge is 0.465 e. The molecule has 1 heterocycles. The third-order valence-corrected chi connectivity index (χ3v) is 2.75. The number of nitrogens with zero attached hydrogens (tertiary/aromatic N) is 2. The Morgan fingerprint density at radius 1 is 1.67 bits per heavy atom. The summed E-state index contributed by atoms with van der Waals surface area (Å²) in [7, 11) is 0. The van der Waals surface area contributed by atoms with Gasteiger partial charge < -0.3 is 9.26 Å². The number of rotatable bonds is 5. The average Bonchev–Trinajstić information content (AvgIpc) is 2.62. The Morgan fingerprint density at radius 2 is 2.40 bits per heavy atom. The number of aryl methyl sites for hydroxylation is 1. The molecule has 5 nitrogen and oxygen atoms in total. The van der Waals surface area contributed by atoms with Gasteiger partial charge >= 0.3 is 5.97 Å². The fourth-order valence-electron chi connectivity index (χ4n) is 0.945. The number of esters is 1. The van der Waals surface area contributed by atoms with Gasteiger partial charge in [0, 0.05) is 0 Å². The second-order valence-electron chi connectivity index (χ2n) is 2.94. The topological polar surface area (TPSA) is 65.2 Å². The van der Waals surface area contributed by atoms with Gasteiger partial charge in [-0.05, 0) is 20.8 Å². The number of aromatic nitrogens is 2. The molecule has 0 aliphatic rings. The van der Waals surface area contributed by atoms with E-state index in [-0.39, 0.29) is 11.2 Å². The van der Waals surface area contributed by atoms with E-state index in [9.17, 15) is 4.79 Å². The maximum Gasteiger partial charge on any atom is 0.315 e. The third-order valence-electron chi connectivity index (χ3n) is 1.65. The summed E-state index contributed by atoms with van der Waals surface area (Å²) < 4.78 is 9.79. The summed E-state index contributed by atoms with van der Waals surface area (Å²) in [4.78, 5) is 15.2. The van der Waals surface area contributed by atoms with Crippen LogP contribution in [0.3, 0.4) is 0 Å². The highest BCUT2D eigenvalue weighted by Gasteiger charge is 2.15. The van der Waals surface area contributed by atoms with Crippen molar-refractivity contribution in [2.24, 2.45) is 0 Å². The molecule has 0 aliphatic carbocycles. The molecule has 0 spiro atoms. The molecule has 0 amide bonds. The molecule has 0 fully saturated rings. The van der Waals surface area contributed by atoms with Crippen molar-refractivity contribution in [3.8, 4) is 0 Å². The molecule has 1 unspecified atom stereocenters. The highest BCUT2D eigenvalue weighted by molar-refractivity contribution is 8.00. The van der Waals surface area contributed by atoms with Crippen molar-refractivity contribution < 1.29 is 14.1 Å². The molecule has 1 aromatic rings. The van der Waals surface area contributed by atoms with Crippen LogP contribution in [0.5, 0.6) is 0 Å². The summed E-state index contributed by atoms with van der Waals surface area (Å²) in [5.74, 6) is 1.23. The minimum absolute atomic E-state index is 0.00982. The molecule has 0 N–H and O–H groups in total. The Hall–Kier alpha value is -1.04. The van der Waals surface area contributed by atoms with Crippen molar-refractivity contribution in [2.75, 3.05) is 12.4 Å². The molecular weight excluding hydrogens is 216 g/mol. The minimum atomic E-state index is -0.217. The maximum absolute atomic E-state index is 11.1. The lowest BCUT2D eigenvalue weighted by molar-refractivity contribution is -0.139. The van der Waals surface area contributed by atoms with E-state index in [1.54, 1.807) is 13.8 Å². The van der Waals surface area contributed by atoms with Crippen LogP contribution in [-0.2, 0) is 9.53 Å². The minimum Gasteiger partial charge on any atom is -0.465 e. The first kappa shape index (κ1) is 12.0. The van der Waals surface area contributed by atoms with E-state index >= 15 is 0 Å². The van der Waals surface area contributed by atoms with Gasteiger partial charge in [-0.15, -0.1) is 11.8 Å². The number of ether oxygens (including phenoxy) is 1. The van der Waals surface area contributed by atoms with E-state index in [1.807, 2.05) is 6.92 Å². The Bertz CT molecular complexity index is 327. The van der Waals surface area contributed by atoms with Gasteiger partial charge in [0.05, 0.1) is 17.6 Å². The van der Waals surface area contributed by atoms with Gasteiger partial charge in [0.1, 0.15) is 0 Å². The van der Waals surface area contributed by atoms with Crippen LogP contribution >= 0.6 is 11.8 Å². The van der Waals surface area contributed by atoms with Crippen LogP contribution in [-0.4, -0.2) is 28.5 Å². The lowest BCUT2D eigenvalue weighted by Gasteiger charge is -2.05. The highest BCUT2D eigenvalue weighted by Crippen LogP contribution is 2.26. The molecule has 0 saturated heterocycles. The molecule has 0 radical (unpaired) electrons. The Kier molecular flexibility index (Phi) is 4.61. The second kappa shape index (κ2) is 5.75. The van der Waals surface area contributed by atoms with E-state index in [1.165, 1.54) is 11.8 Å². The number of carbonyl (C=O) groups excluding carboxylic acids is 1. The molecule has 0 saturated carbocycles. The van der Waals surface area contributed by atoms with Crippen molar-refractivity contribution >= 4 is 17.7 Å². The molecule has 1 rings (SSSR count). The average molecular weight is 230 g/mol. The molecule has 1 aromatic heterocycles. The third kappa shape index (κ3) is 3.91. The highest BCUT2D eigenvalue weighted by atomic mass is 32.2. The molecule has 15 heavy (non-hydrogen) atoms. The lowest BCUT2D eigenvalue weighted by atomic mass is 10.5. The van der Waals surface area contributed by atoms with Gasteiger partial charge in [-0.3, -0.25) is 4.79 Å². The van der Waals surface area contributed by atoms with Crippen LogP contribution < -0.4 is 0 Å². The van der Waals surface area contributed by atoms with Gasteiger partial charge in [-0.1, -0.05) is 5.16 Å². The first-order valence-electron chi connectivity index (χ1n) is 4.71. The van der Waals surface area contributed by atoms with E-state index in [0.717, 1.165) is 0 Å². The summed E-state index contributed by atoms with van der Waals surface area (Å²) in [6.07, 6.45) is 0. The molecule has 84 valence electrons. The van der Waals surface area contributed by atoms with Crippen molar-refractivity contribution in [3.63, 3.8) is 0 Å². The smallest absolute Gasteiger partial charge is 0.315 e. The maximum atomic E-state index is 11.1. The number of thioether (sulfide) groups is 1. The van der Waals surface area contributed by atoms with Crippen LogP contribution in [0.4, 0.5) is 0 Å². The van der Waals surface area contributed by atoms with Crippen LogP contribution in [0.1, 0.15) is 30.8 Å². The van der Waals surface area contributed by atoms with Crippen LogP contribution in [0.15, 0.2) is 4.52 Å².